The van der Waals surface area contributed by atoms with Crippen molar-refractivity contribution >= 4 is 5.97 Å². The van der Waals surface area contributed by atoms with Crippen LogP contribution in [0.4, 0.5) is 13.2 Å². The molecule has 22 heavy (non-hydrogen) atoms. The Morgan fingerprint density at radius 3 is 2.55 bits per heavy atom. The summed E-state index contributed by atoms with van der Waals surface area (Å²) in [6.07, 6.45) is 2.66. The number of carboxylic acid groups (broad SMARTS) is 1. The Kier molecular flexibility index (Phi) is 7.38. The number of nitrogens with two attached hydrogens (primary N) is 1. The van der Waals surface area contributed by atoms with Crippen molar-refractivity contribution in [3.63, 3.8) is 0 Å². The Morgan fingerprint density at radius 2 is 2.00 bits per heavy atom. The highest BCUT2D eigenvalue weighted by Gasteiger charge is 2.20. The number of benzene rings is 1. The molecule has 124 valence electrons. The fourth-order valence-corrected chi connectivity index (χ4v) is 2.56. The van der Waals surface area contributed by atoms with E-state index < -0.39 is 29.3 Å². The third kappa shape index (κ3) is 5.33. The van der Waals surface area contributed by atoms with E-state index in [2.05, 4.69) is 0 Å². The fraction of sp³-hybridized carbons (Fsp3) is 0.562. The molecule has 0 bridgehead atoms. The number of hydrogen-bond donors (Lipinski definition) is 2. The first kappa shape index (κ1) is 18.5. The van der Waals surface area contributed by atoms with Crippen molar-refractivity contribution in [2.24, 2.45) is 17.6 Å². The SMILES string of the molecule is CCC(CCCc1cc(F)cc(F)c1F)CC(CN)C(=O)O. The van der Waals surface area contributed by atoms with Gasteiger partial charge in [-0.05, 0) is 36.8 Å². The van der Waals surface area contributed by atoms with Gasteiger partial charge in [-0.25, -0.2) is 13.2 Å². The van der Waals surface area contributed by atoms with E-state index in [1.807, 2.05) is 6.92 Å². The molecule has 0 saturated carbocycles. The molecule has 0 saturated heterocycles. The van der Waals surface area contributed by atoms with Crippen LogP contribution in [0.3, 0.4) is 0 Å². The minimum atomic E-state index is -1.18. The molecule has 1 aromatic carbocycles. The van der Waals surface area contributed by atoms with Gasteiger partial charge in [0.05, 0.1) is 5.92 Å². The Hall–Kier alpha value is -1.56. The Morgan fingerprint density at radius 1 is 1.32 bits per heavy atom. The van der Waals surface area contributed by atoms with Crippen molar-refractivity contribution in [3.8, 4) is 0 Å². The second kappa shape index (κ2) is 8.78. The summed E-state index contributed by atoms with van der Waals surface area (Å²) in [6.45, 7) is 2.03. The summed E-state index contributed by atoms with van der Waals surface area (Å²) in [7, 11) is 0. The lowest BCUT2D eigenvalue weighted by Crippen LogP contribution is -2.25. The van der Waals surface area contributed by atoms with Crippen molar-refractivity contribution in [1.29, 1.82) is 0 Å². The van der Waals surface area contributed by atoms with Gasteiger partial charge in [-0.1, -0.05) is 19.8 Å². The zero-order valence-corrected chi connectivity index (χ0v) is 12.6. The number of carboxylic acids is 1. The van der Waals surface area contributed by atoms with E-state index in [-0.39, 0.29) is 24.4 Å². The molecule has 0 heterocycles. The fourth-order valence-electron chi connectivity index (χ4n) is 2.56. The van der Waals surface area contributed by atoms with Gasteiger partial charge in [-0.2, -0.15) is 0 Å². The van der Waals surface area contributed by atoms with Crippen LogP contribution in [0.2, 0.25) is 0 Å². The average molecular weight is 317 g/mol. The second-order valence-corrected chi connectivity index (χ2v) is 5.53. The average Bonchev–Trinajstić information content (AvgIpc) is 2.47. The van der Waals surface area contributed by atoms with E-state index >= 15 is 0 Å². The number of aryl methyl sites for hydroxylation is 1. The van der Waals surface area contributed by atoms with Gasteiger partial charge in [0, 0.05) is 12.6 Å². The topological polar surface area (TPSA) is 63.3 Å². The summed E-state index contributed by atoms with van der Waals surface area (Å²) in [6, 6.07) is 1.52. The molecule has 0 aliphatic carbocycles. The van der Waals surface area contributed by atoms with Gasteiger partial charge in [-0.15, -0.1) is 0 Å². The lowest BCUT2D eigenvalue weighted by molar-refractivity contribution is -0.142. The van der Waals surface area contributed by atoms with Gasteiger partial charge < -0.3 is 10.8 Å². The molecule has 1 aromatic rings. The summed E-state index contributed by atoms with van der Waals surface area (Å²) >= 11 is 0. The number of rotatable bonds is 9. The molecule has 2 unspecified atom stereocenters. The Bertz CT molecular complexity index is 508. The summed E-state index contributed by atoms with van der Waals surface area (Å²) < 4.78 is 39.7. The number of hydrogen-bond acceptors (Lipinski definition) is 2. The van der Waals surface area contributed by atoms with Crippen molar-refractivity contribution in [3.05, 3.63) is 35.1 Å². The highest BCUT2D eigenvalue weighted by molar-refractivity contribution is 5.70. The van der Waals surface area contributed by atoms with Crippen LogP contribution < -0.4 is 5.73 Å². The molecule has 6 heteroatoms. The van der Waals surface area contributed by atoms with Crippen LogP contribution in [0.1, 0.15) is 38.2 Å². The van der Waals surface area contributed by atoms with Crippen molar-refractivity contribution < 1.29 is 23.1 Å². The molecule has 2 atom stereocenters. The van der Waals surface area contributed by atoms with Crippen LogP contribution in [0, 0.1) is 29.3 Å². The zero-order valence-electron chi connectivity index (χ0n) is 12.6. The first-order valence-electron chi connectivity index (χ1n) is 7.45. The van der Waals surface area contributed by atoms with Crippen LogP contribution in [-0.4, -0.2) is 17.6 Å². The molecule has 0 fully saturated rings. The second-order valence-electron chi connectivity index (χ2n) is 5.53. The minimum Gasteiger partial charge on any atom is -0.481 e. The maximum absolute atomic E-state index is 13.5. The molecule has 0 spiro atoms. The summed E-state index contributed by atoms with van der Waals surface area (Å²) in [4.78, 5) is 11.0. The van der Waals surface area contributed by atoms with E-state index in [9.17, 15) is 18.0 Å². The first-order chi connectivity index (χ1) is 10.4. The molecule has 0 aromatic heterocycles. The Labute approximate surface area is 128 Å². The largest absolute Gasteiger partial charge is 0.481 e. The molecule has 0 aliphatic rings. The normalized spacial score (nSPS) is 13.9. The van der Waals surface area contributed by atoms with E-state index in [4.69, 9.17) is 10.8 Å². The number of aliphatic carboxylic acids is 1. The minimum absolute atomic E-state index is 0.0148. The maximum atomic E-state index is 13.5. The maximum Gasteiger partial charge on any atom is 0.307 e. The number of halogens is 3. The first-order valence-corrected chi connectivity index (χ1v) is 7.45. The Balaban J connectivity index is 2.56. The lowest BCUT2D eigenvalue weighted by atomic mass is 9.88. The molecule has 1 rings (SSSR count). The molecular formula is C16H22F3NO2. The van der Waals surface area contributed by atoms with Gasteiger partial charge >= 0.3 is 5.97 Å². The highest BCUT2D eigenvalue weighted by atomic mass is 19.2. The zero-order chi connectivity index (χ0) is 16.7. The van der Waals surface area contributed by atoms with Gasteiger partial charge in [0.15, 0.2) is 11.6 Å². The summed E-state index contributed by atoms with van der Waals surface area (Å²) in [5, 5.41) is 9.01. The summed E-state index contributed by atoms with van der Waals surface area (Å²) in [5.41, 5.74) is 5.45. The highest BCUT2D eigenvalue weighted by Crippen LogP contribution is 2.23. The predicted octanol–water partition coefficient (Wildman–Crippen LogP) is 3.50. The smallest absolute Gasteiger partial charge is 0.307 e. The monoisotopic (exact) mass is 317 g/mol. The third-order valence-corrected chi connectivity index (χ3v) is 3.96. The molecule has 0 aliphatic heterocycles. The quantitative estimate of drug-likeness (QED) is 0.685. The van der Waals surface area contributed by atoms with Crippen LogP contribution in [0.25, 0.3) is 0 Å². The van der Waals surface area contributed by atoms with Gasteiger partial charge in [0.25, 0.3) is 0 Å². The lowest BCUT2D eigenvalue weighted by Gasteiger charge is -2.18. The van der Waals surface area contributed by atoms with Crippen LogP contribution in [-0.2, 0) is 11.2 Å². The van der Waals surface area contributed by atoms with Gasteiger partial charge in [0.2, 0.25) is 0 Å². The van der Waals surface area contributed by atoms with Crippen LogP contribution >= 0.6 is 0 Å². The predicted molar refractivity (Wildman–Crippen MR) is 77.8 cm³/mol. The van der Waals surface area contributed by atoms with Gasteiger partial charge in [0.1, 0.15) is 5.82 Å². The molecule has 3 N–H and O–H groups in total. The van der Waals surface area contributed by atoms with E-state index in [0.717, 1.165) is 12.5 Å². The number of carbonyl (C=O) groups is 1. The summed E-state index contributed by atoms with van der Waals surface area (Å²) in [5.74, 6) is -4.36. The molecular weight excluding hydrogens is 295 g/mol. The van der Waals surface area contributed by atoms with Crippen molar-refractivity contribution in [2.45, 2.75) is 39.0 Å². The molecule has 3 nitrogen and oxygen atoms in total. The van der Waals surface area contributed by atoms with E-state index in [0.29, 0.717) is 25.3 Å². The van der Waals surface area contributed by atoms with Crippen LogP contribution in [0.15, 0.2) is 12.1 Å². The van der Waals surface area contributed by atoms with Gasteiger partial charge in [-0.3, -0.25) is 4.79 Å². The van der Waals surface area contributed by atoms with Crippen molar-refractivity contribution in [1.82, 2.24) is 0 Å². The third-order valence-electron chi connectivity index (χ3n) is 3.96. The van der Waals surface area contributed by atoms with Crippen molar-refractivity contribution in [2.75, 3.05) is 6.54 Å². The van der Waals surface area contributed by atoms with E-state index in [1.165, 1.54) is 0 Å². The molecule has 0 radical (unpaired) electrons. The molecule has 0 amide bonds. The van der Waals surface area contributed by atoms with E-state index in [1.54, 1.807) is 0 Å². The standard InChI is InChI=1S/C16H22F3NO2/c1-2-10(6-12(9-20)16(21)22)4-3-5-11-7-13(17)8-14(18)15(11)19/h7-8,10,12H,2-6,9,20H2,1H3,(H,21,22). The van der Waals surface area contributed by atoms with Crippen LogP contribution in [0.5, 0.6) is 0 Å².